The Kier molecular flexibility index (Phi) is 5.92. The second kappa shape index (κ2) is 8.13. The quantitative estimate of drug-likeness (QED) is 0.790. The molecule has 1 amide bonds. The molecule has 1 N–H and O–H groups in total. The van der Waals surface area contributed by atoms with Crippen molar-refractivity contribution in [3.8, 4) is 5.75 Å². The molecule has 0 fully saturated rings. The zero-order chi connectivity index (χ0) is 16.7. The number of Topliss-reactive ketones (excluding diaryl/α,β-unsaturated/α-hetero) is 1. The number of carbonyl (C=O) groups excluding carboxylic acids is 2. The van der Waals surface area contributed by atoms with Crippen molar-refractivity contribution in [1.82, 2.24) is 0 Å². The highest BCUT2D eigenvalue weighted by Crippen LogP contribution is 2.17. The summed E-state index contributed by atoms with van der Waals surface area (Å²) in [5.41, 5.74) is 2.50. The van der Waals surface area contributed by atoms with Crippen LogP contribution in [-0.2, 0) is 11.2 Å². The molecule has 0 saturated carbocycles. The highest BCUT2D eigenvalue weighted by atomic mass is 16.5. The minimum absolute atomic E-state index is 0.0200. The highest BCUT2D eigenvalue weighted by molar-refractivity contribution is 6.00. The maximum absolute atomic E-state index is 12.1. The standard InChI is InChI=1S/C19H21NO3/c1-3-14-7-9-15(10-8-14)18(21)11-12-19(22)20-16-5-4-6-17(13-16)23-2/h4-10,13H,3,11-12H2,1-2H3,(H,20,22). The molecule has 4 nitrogen and oxygen atoms in total. The third-order valence-corrected chi connectivity index (χ3v) is 3.62. The van der Waals surface area contributed by atoms with E-state index >= 15 is 0 Å². The van der Waals surface area contributed by atoms with Crippen molar-refractivity contribution in [3.05, 3.63) is 59.7 Å². The summed E-state index contributed by atoms with van der Waals surface area (Å²) in [6.45, 7) is 2.07. The first-order valence-electron chi connectivity index (χ1n) is 7.68. The van der Waals surface area contributed by atoms with Crippen LogP contribution in [0.1, 0.15) is 35.7 Å². The van der Waals surface area contributed by atoms with Crippen LogP contribution in [-0.4, -0.2) is 18.8 Å². The Labute approximate surface area is 136 Å². The molecule has 120 valence electrons. The molecule has 0 bridgehead atoms. The summed E-state index contributed by atoms with van der Waals surface area (Å²) in [5, 5.41) is 2.77. The Morgan fingerprint density at radius 1 is 1.04 bits per heavy atom. The van der Waals surface area contributed by atoms with Crippen molar-refractivity contribution in [2.75, 3.05) is 12.4 Å². The van der Waals surface area contributed by atoms with Crippen LogP contribution in [0, 0.1) is 0 Å². The average Bonchev–Trinajstić information content (AvgIpc) is 2.60. The largest absolute Gasteiger partial charge is 0.497 e. The number of ether oxygens (including phenoxy) is 1. The highest BCUT2D eigenvalue weighted by Gasteiger charge is 2.10. The molecular weight excluding hydrogens is 290 g/mol. The van der Waals surface area contributed by atoms with E-state index < -0.39 is 0 Å². The molecule has 0 heterocycles. The van der Waals surface area contributed by atoms with Gasteiger partial charge in [-0.25, -0.2) is 0 Å². The predicted octanol–water partition coefficient (Wildman–Crippen LogP) is 3.86. The molecule has 2 aromatic rings. The SMILES string of the molecule is CCc1ccc(C(=O)CCC(=O)Nc2cccc(OC)c2)cc1. The van der Waals surface area contributed by atoms with E-state index in [9.17, 15) is 9.59 Å². The van der Waals surface area contributed by atoms with Gasteiger partial charge in [0.1, 0.15) is 5.75 Å². The van der Waals surface area contributed by atoms with Crippen molar-refractivity contribution < 1.29 is 14.3 Å². The Bertz CT molecular complexity index is 677. The number of benzene rings is 2. The van der Waals surface area contributed by atoms with Crippen molar-refractivity contribution in [2.24, 2.45) is 0 Å². The number of nitrogens with one attached hydrogen (secondary N) is 1. The third-order valence-electron chi connectivity index (χ3n) is 3.62. The van der Waals surface area contributed by atoms with Gasteiger partial charge in [0.05, 0.1) is 7.11 Å². The fraction of sp³-hybridized carbons (Fsp3) is 0.263. The van der Waals surface area contributed by atoms with E-state index in [4.69, 9.17) is 4.74 Å². The van der Waals surface area contributed by atoms with Gasteiger partial charge < -0.3 is 10.1 Å². The van der Waals surface area contributed by atoms with Crippen LogP contribution in [0.4, 0.5) is 5.69 Å². The Balaban J connectivity index is 1.86. The zero-order valence-electron chi connectivity index (χ0n) is 13.5. The first-order valence-corrected chi connectivity index (χ1v) is 7.68. The van der Waals surface area contributed by atoms with Crippen LogP contribution in [0.3, 0.4) is 0 Å². The molecule has 0 aliphatic heterocycles. The van der Waals surface area contributed by atoms with Gasteiger partial charge >= 0.3 is 0 Å². The zero-order valence-corrected chi connectivity index (χ0v) is 13.5. The van der Waals surface area contributed by atoms with Gasteiger partial charge in [0, 0.05) is 30.2 Å². The summed E-state index contributed by atoms with van der Waals surface area (Å²) in [6, 6.07) is 14.7. The molecule has 23 heavy (non-hydrogen) atoms. The number of carbonyl (C=O) groups is 2. The van der Waals surface area contributed by atoms with Crippen molar-refractivity contribution >= 4 is 17.4 Å². The van der Waals surface area contributed by atoms with E-state index in [2.05, 4.69) is 12.2 Å². The van der Waals surface area contributed by atoms with E-state index in [-0.39, 0.29) is 24.5 Å². The maximum Gasteiger partial charge on any atom is 0.224 e. The lowest BCUT2D eigenvalue weighted by molar-refractivity contribution is -0.116. The van der Waals surface area contributed by atoms with E-state index in [0.717, 1.165) is 6.42 Å². The summed E-state index contributed by atoms with van der Waals surface area (Å²) in [4.78, 5) is 24.0. The van der Waals surface area contributed by atoms with Gasteiger partial charge in [0.2, 0.25) is 5.91 Å². The molecule has 0 aliphatic rings. The van der Waals surface area contributed by atoms with Gasteiger partial charge in [0.25, 0.3) is 0 Å². The number of hydrogen-bond donors (Lipinski definition) is 1. The first kappa shape index (κ1) is 16.7. The smallest absolute Gasteiger partial charge is 0.224 e. The van der Waals surface area contributed by atoms with E-state index in [0.29, 0.717) is 17.0 Å². The molecule has 0 spiro atoms. The molecule has 2 rings (SSSR count). The normalized spacial score (nSPS) is 10.2. The summed E-state index contributed by atoms with van der Waals surface area (Å²) in [7, 11) is 1.57. The topological polar surface area (TPSA) is 55.4 Å². The van der Waals surface area contributed by atoms with Crippen molar-refractivity contribution in [3.63, 3.8) is 0 Å². The summed E-state index contributed by atoms with van der Waals surface area (Å²) in [6.07, 6.45) is 1.30. The van der Waals surface area contributed by atoms with Gasteiger partial charge in [0.15, 0.2) is 5.78 Å². The molecule has 2 aromatic carbocycles. The summed E-state index contributed by atoms with van der Waals surface area (Å²) < 4.78 is 5.11. The predicted molar refractivity (Wildman–Crippen MR) is 91.0 cm³/mol. The lowest BCUT2D eigenvalue weighted by atomic mass is 10.0. The van der Waals surface area contributed by atoms with Gasteiger partial charge in [-0.3, -0.25) is 9.59 Å². The van der Waals surface area contributed by atoms with E-state index in [1.165, 1.54) is 5.56 Å². The van der Waals surface area contributed by atoms with Crippen LogP contribution in [0.5, 0.6) is 5.75 Å². The van der Waals surface area contributed by atoms with Crippen molar-refractivity contribution in [1.29, 1.82) is 0 Å². The Morgan fingerprint density at radius 2 is 1.78 bits per heavy atom. The number of aryl methyl sites for hydroxylation is 1. The number of methoxy groups -OCH3 is 1. The van der Waals surface area contributed by atoms with Crippen LogP contribution in [0.2, 0.25) is 0 Å². The maximum atomic E-state index is 12.1. The Hall–Kier alpha value is -2.62. The fourth-order valence-electron chi connectivity index (χ4n) is 2.22. The molecule has 0 atom stereocenters. The lowest BCUT2D eigenvalue weighted by Crippen LogP contribution is -2.13. The molecule has 0 aliphatic carbocycles. The van der Waals surface area contributed by atoms with Crippen LogP contribution < -0.4 is 10.1 Å². The third kappa shape index (κ3) is 4.95. The second-order valence-electron chi connectivity index (χ2n) is 5.25. The fourth-order valence-corrected chi connectivity index (χ4v) is 2.22. The molecule has 4 heteroatoms. The number of ketones is 1. The number of rotatable bonds is 7. The van der Waals surface area contributed by atoms with E-state index in [1.54, 1.807) is 31.4 Å². The lowest BCUT2D eigenvalue weighted by Gasteiger charge is -2.07. The van der Waals surface area contributed by atoms with Gasteiger partial charge in [-0.2, -0.15) is 0 Å². The van der Waals surface area contributed by atoms with Gasteiger partial charge in [-0.15, -0.1) is 0 Å². The number of hydrogen-bond acceptors (Lipinski definition) is 3. The summed E-state index contributed by atoms with van der Waals surface area (Å²) >= 11 is 0. The Morgan fingerprint density at radius 3 is 2.43 bits per heavy atom. The van der Waals surface area contributed by atoms with Gasteiger partial charge in [-0.05, 0) is 24.1 Å². The van der Waals surface area contributed by atoms with Crippen LogP contribution in [0.25, 0.3) is 0 Å². The van der Waals surface area contributed by atoms with E-state index in [1.807, 2.05) is 24.3 Å². The summed E-state index contributed by atoms with van der Waals surface area (Å²) in [5.74, 6) is 0.472. The van der Waals surface area contributed by atoms with Crippen LogP contribution in [0.15, 0.2) is 48.5 Å². The minimum Gasteiger partial charge on any atom is -0.497 e. The first-order chi connectivity index (χ1) is 11.1. The minimum atomic E-state index is -0.184. The molecule has 0 aromatic heterocycles. The molecule has 0 radical (unpaired) electrons. The number of anilines is 1. The second-order valence-corrected chi connectivity index (χ2v) is 5.25. The van der Waals surface area contributed by atoms with Crippen molar-refractivity contribution in [2.45, 2.75) is 26.2 Å². The van der Waals surface area contributed by atoms with Crippen LogP contribution >= 0.6 is 0 Å². The monoisotopic (exact) mass is 311 g/mol. The average molecular weight is 311 g/mol. The molecule has 0 unspecified atom stereocenters. The number of amides is 1. The van der Waals surface area contributed by atoms with Gasteiger partial charge in [-0.1, -0.05) is 37.3 Å². The molecular formula is C19H21NO3. The molecule has 0 saturated heterocycles.